The molecule has 10 heteroatoms. The number of amides is 1. The number of anilines is 1. The van der Waals surface area contributed by atoms with Gasteiger partial charge in [-0.15, -0.1) is 12.4 Å². The van der Waals surface area contributed by atoms with E-state index in [0.717, 1.165) is 35.6 Å². The van der Waals surface area contributed by atoms with Crippen molar-refractivity contribution in [3.8, 4) is 0 Å². The van der Waals surface area contributed by atoms with E-state index in [1.807, 2.05) is 19.0 Å². The standard InChI is InChI=1S/C19H17F4N3OS.ClH/c1-25(2)6-3-7-26(18(27)11-4-5-13(21)14(22)8-11)19-24-17-15(23)9-12(20)10-16(17)28-19;/h4-5,8-10H,3,6-7H2,1-2H3;1H. The molecule has 0 aliphatic carbocycles. The summed E-state index contributed by atoms with van der Waals surface area (Å²) in [7, 11) is 3.74. The highest BCUT2D eigenvalue weighted by Gasteiger charge is 2.23. The molecule has 0 radical (unpaired) electrons. The topological polar surface area (TPSA) is 36.4 Å². The quantitative estimate of drug-likeness (QED) is 0.506. The molecule has 2 aromatic carbocycles. The predicted octanol–water partition coefficient (Wildman–Crippen LogP) is 4.87. The van der Waals surface area contributed by atoms with Gasteiger partial charge in [-0.1, -0.05) is 11.3 Å². The van der Waals surface area contributed by atoms with E-state index in [9.17, 15) is 22.4 Å². The monoisotopic (exact) mass is 447 g/mol. The molecule has 0 aliphatic rings. The van der Waals surface area contributed by atoms with Crippen molar-refractivity contribution in [2.75, 3.05) is 32.1 Å². The number of nitrogens with zero attached hydrogens (tertiary/aromatic N) is 3. The van der Waals surface area contributed by atoms with Crippen LogP contribution >= 0.6 is 23.7 Å². The maximum absolute atomic E-state index is 14.0. The molecule has 1 amide bonds. The van der Waals surface area contributed by atoms with Crippen LogP contribution in [-0.4, -0.2) is 43.0 Å². The Hall–Kier alpha value is -2.23. The molecule has 3 aromatic rings. The second-order valence-electron chi connectivity index (χ2n) is 6.47. The third-order valence-corrected chi connectivity index (χ3v) is 5.06. The fourth-order valence-electron chi connectivity index (χ4n) is 2.68. The molecule has 0 saturated heterocycles. The number of hydrogen-bond donors (Lipinski definition) is 0. The van der Waals surface area contributed by atoms with Crippen molar-refractivity contribution in [3.63, 3.8) is 0 Å². The molecule has 29 heavy (non-hydrogen) atoms. The van der Waals surface area contributed by atoms with Crippen LogP contribution in [0.1, 0.15) is 16.8 Å². The predicted molar refractivity (Wildman–Crippen MR) is 108 cm³/mol. The van der Waals surface area contributed by atoms with Crippen LogP contribution in [0.4, 0.5) is 22.7 Å². The molecule has 0 spiro atoms. The van der Waals surface area contributed by atoms with Gasteiger partial charge in [-0.3, -0.25) is 9.69 Å². The second kappa shape index (κ2) is 9.51. The molecule has 0 fully saturated rings. The Morgan fingerprint density at radius 1 is 1.00 bits per heavy atom. The molecule has 0 N–H and O–H groups in total. The minimum atomic E-state index is -1.14. The highest BCUT2D eigenvalue weighted by molar-refractivity contribution is 7.22. The molecule has 0 aliphatic heterocycles. The lowest BCUT2D eigenvalue weighted by Crippen LogP contribution is -2.33. The van der Waals surface area contributed by atoms with E-state index in [1.165, 1.54) is 11.0 Å². The van der Waals surface area contributed by atoms with E-state index in [2.05, 4.69) is 4.98 Å². The molecule has 0 unspecified atom stereocenters. The maximum atomic E-state index is 14.0. The van der Waals surface area contributed by atoms with Gasteiger partial charge < -0.3 is 4.90 Å². The van der Waals surface area contributed by atoms with Gasteiger partial charge in [0.15, 0.2) is 22.6 Å². The van der Waals surface area contributed by atoms with Crippen molar-refractivity contribution >= 4 is 45.0 Å². The highest BCUT2D eigenvalue weighted by Crippen LogP contribution is 2.32. The summed E-state index contributed by atoms with van der Waals surface area (Å²) in [5.41, 5.74) is -0.105. The Bertz CT molecular complexity index is 1030. The number of carbonyl (C=O) groups excluding carboxylic acids is 1. The van der Waals surface area contributed by atoms with E-state index < -0.39 is 29.2 Å². The molecule has 1 aromatic heterocycles. The first kappa shape index (κ1) is 23.1. The number of fused-ring (bicyclic) bond motifs is 1. The van der Waals surface area contributed by atoms with Crippen molar-refractivity contribution in [1.29, 1.82) is 0 Å². The Morgan fingerprint density at radius 3 is 2.38 bits per heavy atom. The highest BCUT2D eigenvalue weighted by atomic mass is 35.5. The van der Waals surface area contributed by atoms with Gasteiger partial charge in [0.2, 0.25) is 0 Å². The van der Waals surface area contributed by atoms with Crippen molar-refractivity contribution in [2.45, 2.75) is 6.42 Å². The SMILES string of the molecule is CN(C)CCCN(C(=O)c1ccc(F)c(F)c1)c1nc2c(F)cc(F)cc2s1.Cl. The molecular formula is C19H18ClF4N3OS. The van der Waals surface area contributed by atoms with Crippen molar-refractivity contribution in [1.82, 2.24) is 9.88 Å². The van der Waals surface area contributed by atoms with E-state index >= 15 is 0 Å². The first-order valence-corrected chi connectivity index (χ1v) is 9.25. The van der Waals surface area contributed by atoms with Gasteiger partial charge in [-0.25, -0.2) is 22.5 Å². The third-order valence-electron chi connectivity index (χ3n) is 4.03. The normalized spacial score (nSPS) is 11.0. The van der Waals surface area contributed by atoms with Crippen molar-refractivity contribution in [3.05, 3.63) is 59.2 Å². The lowest BCUT2D eigenvalue weighted by molar-refractivity contribution is 0.0985. The largest absolute Gasteiger partial charge is 0.309 e. The first-order chi connectivity index (χ1) is 13.3. The Labute approximate surface area is 175 Å². The van der Waals surface area contributed by atoms with Crippen LogP contribution in [0.15, 0.2) is 30.3 Å². The van der Waals surface area contributed by atoms with Crippen LogP contribution < -0.4 is 4.90 Å². The number of benzene rings is 2. The van der Waals surface area contributed by atoms with Crippen LogP contribution in [0.25, 0.3) is 10.2 Å². The molecule has 4 nitrogen and oxygen atoms in total. The number of hydrogen-bond acceptors (Lipinski definition) is 4. The fourth-order valence-corrected chi connectivity index (χ4v) is 3.70. The minimum Gasteiger partial charge on any atom is -0.309 e. The number of thiazole rings is 1. The minimum absolute atomic E-state index is 0. The summed E-state index contributed by atoms with van der Waals surface area (Å²) in [6.45, 7) is 0.884. The second-order valence-corrected chi connectivity index (χ2v) is 7.48. The zero-order valence-electron chi connectivity index (χ0n) is 15.6. The van der Waals surface area contributed by atoms with Crippen LogP contribution in [0, 0.1) is 23.3 Å². The Kier molecular flexibility index (Phi) is 7.56. The summed E-state index contributed by atoms with van der Waals surface area (Å²) in [5.74, 6) is -4.38. The van der Waals surface area contributed by atoms with Crippen LogP contribution in [0.5, 0.6) is 0 Å². The molecule has 0 bridgehead atoms. The summed E-state index contributed by atoms with van der Waals surface area (Å²) < 4.78 is 54.5. The van der Waals surface area contributed by atoms with Crippen molar-refractivity contribution < 1.29 is 22.4 Å². The fraction of sp³-hybridized carbons (Fsp3) is 0.263. The summed E-state index contributed by atoms with van der Waals surface area (Å²) in [6.07, 6.45) is 0.565. The van der Waals surface area contributed by atoms with Crippen LogP contribution in [0.2, 0.25) is 0 Å². The van der Waals surface area contributed by atoms with Gasteiger partial charge in [-0.05, 0) is 51.3 Å². The zero-order valence-corrected chi connectivity index (χ0v) is 17.2. The van der Waals surface area contributed by atoms with E-state index in [4.69, 9.17) is 0 Å². The third kappa shape index (κ3) is 5.23. The van der Waals surface area contributed by atoms with Crippen molar-refractivity contribution in [2.24, 2.45) is 0 Å². The van der Waals surface area contributed by atoms with E-state index in [1.54, 1.807) is 0 Å². The number of aromatic nitrogens is 1. The smallest absolute Gasteiger partial charge is 0.260 e. The number of halogens is 5. The molecule has 1 heterocycles. The maximum Gasteiger partial charge on any atom is 0.260 e. The number of rotatable bonds is 6. The van der Waals surface area contributed by atoms with E-state index in [0.29, 0.717) is 13.0 Å². The van der Waals surface area contributed by atoms with E-state index in [-0.39, 0.29) is 39.9 Å². The van der Waals surface area contributed by atoms with Gasteiger partial charge in [0.05, 0.1) is 4.70 Å². The summed E-state index contributed by atoms with van der Waals surface area (Å²) in [5, 5.41) is 0.160. The lowest BCUT2D eigenvalue weighted by Gasteiger charge is -2.21. The molecule has 156 valence electrons. The lowest BCUT2D eigenvalue weighted by atomic mass is 10.2. The zero-order chi connectivity index (χ0) is 20.4. The number of carbonyl (C=O) groups is 1. The summed E-state index contributed by atoms with van der Waals surface area (Å²) >= 11 is 0.955. The van der Waals surface area contributed by atoms with Gasteiger partial charge in [0.25, 0.3) is 5.91 Å². The van der Waals surface area contributed by atoms with Crippen LogP contribution in [-0.2, 0) is 0 Å². The molecule has 3 rings (SSSR count). The Balaban J connectivity index is 0.00000300. The van der Waals surface area contributed by atoms with Gasteiger partial charge in [0.1, 0.15) is 11.3 Å². The van der Waals surface area contributed by atoms with Gasteiger partial charge >= 0.3 is 0 Å². The van der Waals surface area contributed by atoms with Gasteiger partial charge in [-0.2, -0.15) is 0 Å². The molecule has 0 atom stereocenters. The molecular weight excluding hydrogens is 430 g/mol. The molecule has 0 saturated carbocycles. The summed E-state index contributed by atoms with van der Waals surface area (Å²) in [6, 6.07) is 4.71. The summed E-state index contributed by atoms with van der Waals surface area (Å²) in [4.78, 5) is 20.3. The average Bonchev–Trinajstić information content (AvgIpc) is 3.04. The Morgan fingerprint density at radius 2 is 1.72 bits per heavy atom. The average molecular weight is 448 g/mol. The van der Waals surface area contributed by atoms with Crippen LogP contribution in [0.3, 0.4) is 0 Å². The first-order valence-electron chi connectivity index (χ1n) is 8.43. The van der Waals surface area contributed by atoms with Gasteiger partial charge in [0, 0.05) is 18.2 Å².